The summed E-state index contributed by atoms with van der Waals surface area (Å²) in [7, 11) is 0. The van der Waals surface area contributed by atoms with E-state index in [1.54, 1.807) is 13.8 Å². The molecule has 1 saturated heterocycles. The molecule has 1 aromatic rings. The number of hydrogen-bond donors (Lipinski definition) is 1. The topological polar surface area (TPSA) is 75.5 Å². The molecule has 1 fully saturated rings. The standard InChI is InChI=1S/C14H21N3O3/c1-4-20-13(19)12-7-15-14(16-9(12)2)17-6-5-11(8-17)10(3)18/h7,10-11,18H,4-6,8H2,1-3H3. The smallest absolute Gasteiger partial charge is 0.341 e. The van der Waals surface area contributed by atoms with Crippen LogP contribution in [0.5, 0.6) is 0 Å². The normalized spacial score (nSPS) is 20.0. The van der Waals surface area contributed by atoms with Crippen molar-refractivity contribution in [1.29, 1.82) is 0 Å². The third-order valence-electron chi connectivity index (χ3n) is 3.65. The summed E-state index contributed by atoms with van der Waals surface area (Å²) in [6.07, 6.45) is 2.13. The Bertz CT molecular complexity index is 491. The second-order valence-electron chi connectivity index (χ2n) is 5.12. The monoisotopic (exact) mass is 279 g/mol. The molecule has 0 amide bonds. The number of rotatable bonds is 4. The molecule has 2 heterocycles. The highest BCUT2D eigenvalue weighted by Crippen LogP contribution is 2.23. The lowest BCUT2D eigenvalue weighted by Crippen LogP contribution is -2.26. The van der Waals surface area contributed by atoms with Crippen molar-refractivity contribution < 1.29 is 14.6 Å². The van der Waals surface area contributed by atoms with Crippen LogP contribution in [-0.4, -0.2) is 46.8 Å². The van der Waals surface area contributed by atoms with Gasteiger partial charge in [0.1, 0.15) is 0 Å². The summed E-state index contributed by atoms with van der Waals surface area (Å²) >= 11 is 0. The average Bonchev–Trinajstić information content (AvgIpc) is 2.88. The number of esters is 1. The van der Waals surface area contributed by atoms with E-state index in [4.69, 9.17) is 4.74 Å². The highest BCUT2D eigenvalue weighted by molar-refractivity contribution is 5.90. The zero-order chi connectivity index (χ0) is 14.7. The van der Waals surface area contributed by atoms with Crippen molar-refractivity contribution in [3.05, 3.63) is 17.5 Å². The first-order valence-electron chi connectivity index (χ1n) is 6.96. The van der Waals surface area contributed by atoms with E-state index in [1.807, 2.05) is 11.8 Å². The van der Waals surface area contributed by atoms with Gasteiger partial charge in [0.15, 0.2) is 0 Å². The summed E-state index contributed by atoms with van der Waals surface area (Å²) < 4.78 is 4.96. The lowest BCUT2D eigenvalue weighted by Gasteiger charge is -2.18. The molecule has 0 saturated carbocycles. The van der Waals surface area contributed by atoms with Crippen molar-refractivity contribution in [2.24, 2.45) is 5.92 Å². The Morgan fingerprint density at radius 3 is 2.95 bits per heavy atom. The predicted octanol–water partition coefficient (Wildman–Crippen LogP) is 1.17. The van der Waals surface area contributed by atoms with Gasteiger partial charge < -0.3 is 14.7 Å². The van der Waals surface area contributed by atoms with Gasteiger partial charge in [0.25, 0.3) is 0 Å². The fourth-order valence-corrected chi connectivity index (χ4v) is 2.38. The van der Waals surface area contributed by atoms with Crippen molar-refractivity contribution >= 4 is 11.9 Å². The zero-order valence-electron chi connectivity index (χ0n) is 12.2. The number of aromatic nitrogens is 2. The molecule has 2 atom stereocenters. The quantitative estimate of drug-likeness (QED) is 0.834. The van der Waals surface area contributed by atoms with Gasteiger partial charge in [-0.3, -0.25) is 0 Å². The van der Waals surface area contributed by atoms with Crippen LogP contribution in [0.3, 0.4) is 0 Å². The molecule has 6 nitrogen and oxygen atoms in total. The Morgan fingerprint density at radius 2 is 2.40 bits per heavy atom. The van der Waals surface area contributed by atoms with Crippen LogP contribution < -0.4 is 4.90 Å². The van der Waals surface area contributed by atoms with Gasteiger partial charge in [0.2, 0.25) is 5.95 Å². The van der Waals surface area contributed by atoms with Gasteiger partial charge in [0.05, 0.1) is 24.0 Å². The Kier molecular flexibility index (Phi) is 4.54. The van der Waals surface area contributed by atoms with Crippen molar-refractivity contribution in [2.75, 3.05) is 24.6 Å². The molecule has 1 aliphatic rings. The second-order valence-corrected chi connectivity index (χ2v) is 5.12. The Labute approximate surface area is 118 Å². The number of aryl methyl sites for hydroxylation is 1. The lowest BCUT2D eigenvalue weighted by molar-refractivity contribution is 0.0524. The van der Waals surface area contributed by atoms with E-state index >= 15 is 0 Å². The van der Waals surface area contributed by atoms with E-state index in [0.29, 0.717) is 23.8 Å². The van der Waals surface area contributed by atoms with Crippen molar-refractivity contribution in [1.82, 2.24) is 9.97 Å². The van der Waals surface area contributed by atoms with Crippen LogP contribution in [0.15, 0.2) is 6.20 Å². The highest BCUT2D eigenvalue weighted by atomic mass is 16.5. The summed E-state index contributed by atoms with van der Waals surface area (Å²) in [6, 6.07) is 0. The van der Waals surface area contributed by atoms with Crippen LogP contribution in [0.25, 0.3) is 0 Å². The maximum atomic E-state index is 11.7. The Morgan fingerprint density at radius 1 is 1.65 bits per heavy atom. The van der Waals surface area contributed by atoms with E-state index in [-0.39, 0.29) is 18.0 Å². The first-order valence-corrected chi connectivity index (χ1v) is 6.96. The predicted molar refractivity (Wildman–Crippen MR) is 74.7 cm³/mol. The van der Waals surface area contributed by atoms with E-state index in [0.717, 1.165) is 19.5 Å². The minimum Gasteiger partial charge on any atom is -0.462 e. The van der Waals surface area contributed by atoms with E-state index in [1.165, 1.54) is 6.20 Å². The van der Waals surface area contributed by atoms with Gasteiger partial charge in [-0.25, -0.2) is 14.8 Å². The third-order valence-corrected chi connectivity index (χ3v) is 3.65. The molecule has 6 heteroatoms. The molecule has 1 aromatic heterocycles. The van der Waals surface area contributed by atoms with Gasteiger partial charge in [-0.2, -0.15) is 0 Å². The molecule has 2 rings (SSSR count). The minimum atomic E-state index is -0.389. The molecule has 0 bridgehead atoms. The average molecular weight is 279 g/mol. The molecule has 110 valence electrons. The molecular weight excluding hydrogens is 258 g/mol. The molecule has 2 unspecified atom stereocenters. The van der Waals surface area contributed by atoms with Gasteiger partial charge >= 0.3 is 5.97 Å². The first kappa shape index (κ1) is 14.7. The first-order chi connectivity index (χ1) is 9.52. The molecular formula is C14H21N3O3. The summed E-state index contributed by atoms with van der Waals surface area (Å²) in [6.45, 7) is 7.26. The number of anilines is 1. The van der Waals surface area contributed by atoms with Gasteiger partial charge in [0, 0.05) is 25.2 Å². The minimum absolute atomic E-state index is 0.253. The van der Waals surface area contributed by atoms with Crippen LogP contribution in [0, 0.1) is 12.8 Å². The maximum Gasteiger partial charge on any atom is 0.341 e. The number of nitrogens with zero attached hydrogens (tertiary/aromatic N) is 3. The molecule has 0 aliphatic carbocycles. The van der Waals surface area contributed by atoms with Gasteiger partial charge in [-0.05, 0) is 27.2 Å². The summed E-state index contributed by atoms with van der Waals surface area (Å²) in [5, 5.41) is 9.62. The van der Waals surface area contributed by atoms with E-state index in [2.05, 4.69) is 9.97 Å². The van der Waals surface area contributed by atoms with E-state index < -0.39 is 0 Å². The van der Waals surface area contributed by atoms with Crippen LogP contribution in [0.4, 0.5) is 5.95 Å². The number of carbonyl (C=O) groups excluding carboxylic acids is 1. The van der Waals surface area contributed by atoms with Crippen LogP contribution in [0.2, 0.25) is 0 Å². The number of ether oxygens (including phenoxy) is 1. The third kappa shape index (κ3) is 3.07. The van der Waals surface area contributed by atoms with E-state index in [9.17, 15) is 9.90 Å². The number of carbonyl (C=O) groups is 1. The Hall–Kier alpha value is -1.69. The summed E-state index contributed by atoms with van der Waals surface area (Å²) in [5.41, 5.74) is 1.02. The molecule has 0 aromatic carbocycles. The number of aliphatic hydroxyl groups excluding tert-OH is 1. The van der Waals surface area contributed by atoms with Crippen LogP contribution in [-0.2, 0) is 4.74 Å². The molecule has 1 aliphatic heterocycles. The van der Waals surface area contributed by atoms with Crippen LogP contribution >= 0.6 is 0 Å². The van der Waals surface area contributed by atoms with Crippen LogP contribution in [0.1, 0.15) is 36.3 Å². The summed E-state index contributed by atoms with van der Waals surface area (Å²) in [4.78, 5) is 22.4. The summed E-state index contributed by atoms with van der Waals surface area (Å²) in [5.74, 6) is 0.474. The van der Waals surface area contributed by atoms with Crippen molar-refractivity contribution in [3.8, 4) is 0 Å². The molecule has 0 spiro atoms. The van der Waals surface area contributed by atoms with Gasteiger partial charge in [-0.1, -0.05) is 0 Å². The van der Waals surface area contributed by atoms with Gasteiger partial charge in [-0.15, -0.1) is 0 Å². The molecule has 1 N–H and O–H groups in total. The molecule has 20 heavy (non-hydrogen) atoms. The van der Waals surface area contributed by atoms with Crippen molar-refractivity contribution in [2.45, 2.75) is 33.3 Å². The second kappa shape index (κ2) is 6.17. The van der Waals surface area contributed by atoms with Crippen molar-refractivity contribution in [3.63, 3.8) is 0 Å². The zero-order valence-corrected chi connectivity index (χ0v) is 12.2. The highest BCUT2D eigenvalue weighted by Gasteiger charge is 2.28. The number of aliphatic hydroxyl groups is 1. The fraction of sp³-hybridized carbons (Fsp3) is 0.643. The fourth-order valence-electron chi connectivity index (χ4n) is 2.38. The Balaban J connectivity index is 2.12. The maximum absolute atomic E-state index is 11.7. The lowest BCUT2D eigenvalue weighted by atomic mass is 10.0. The SMILES string of the molecule is CCOC(=O)c1cnc(N2CCC(C(C)O)C2)nc1C. The molecule has 0 radical (unpaired) electrons. The largest absolute Gasteiger partial charge is 0.462 e. The number of hydrogen-bond acceptors (Lipinski definition) is 6.